The molecule has 3 amide bonds. The first-order valence-electron chi connectivity index (χ1n) is 9.06. The Bertz CT molecular complexity index is 1130. The third-order valence-electron chi connectivity index (χ3n) is 4.07. The molecule has 1 heterocycles. The van der Waals surface area contributed by atoms with Gasteiger partial charge in [0, 0.05) is 30.7 Å². The summed E-state index contributed by atoms with van der Waals surface area (Å²) in [6.45, 7) is 0. The van der Waals surface area contributed by atoms with Gasteiger partial charge < -0.3 is 20.7 Å². The summed E-state index contributed by atoms with van der Waals surface area (Å²) in [7, 11) is 1.48. The van der Waals surface area contributed by atoms with E-state index in [4.69, 9.17) is 4.74 Å². The molecule has 0 aliphatic rings. The van der Waals surface area contributed by atoms with E-state index >= 15 is 0 Å². The SMILES string of the molecule is CNC(=O)c1cc(Oc2ccc(NC(=O)Nc3ccc(F)c(C(F)(F)F)c3)cc2)ccn1. The van der Waals surface area contributed by atoms with Crippen LogP contribution in [-0.4, -0.2) is 24.0 Å². The lowest BCUT2D eigenvalue weighted by Gasteiger charge is -2.12. The fourth-order valence-corrected chi connectivity index (χ4v) is 2.58. The van der Waals surface area contributed by atoms with Gasteiger partial charge in [-0.05, 0) is 48.5 Å². The Balaban J connectivity index is 1.62. The van der Waals surface area contributed by atoms with Crippen LogP contribution in [0.15, 0.2) is 60.8 Å². The van der Waals surface area contributed by atoms with Crippen LogP contribution in [0.25, 0.3) is 0 Å². The van der Waals surface area contributed by atoms with Crippen LogP contribution >= 0.6 is 0 Å². The molecule has 3 rings (SSSR count). The molecule has 0 unspecified atom stereocenters. The van der Waals surface area contributed by atoms with Crippen LogP contribution in [0.3, 0.4) is 0 Å². The molecule has 11 heteroatoms. The second kappa shape index (κ2) is 9.33. The molecule has 0 spiro atoms. The van der Waals surface area contributed by atoms with Crippen molar-refractivity contribution >= 4 is 23.3 Å². The summed E-state index contributed by atoms with van der Waals surface area (Å²) in [5.41, 5.74) is -1.20. The van der Waals surface area contributed by atoms with E-state index in [1.807, 2.05) is 0 Å². The van der Waals surface area contributed by atoms with Crippen molar-refractivity contribution in [1.29, 1.82) is 0 Å². The predicted molar refractivity (Wildman–Crippen MR) is 108 cm³/mol. The van der Waals surface area contributed by atoms with Crippen LogP contribution in [0.5, 0.6) is 11.5 Å². The highest BCUT2D eigenvalue weighted by molar-refractivity contribution is 5.99. The van der Waals surface area contributed by atoms with E-state index in [9.17, 15) is 27.2 Å². The van der Waals surface area contributed by atoms with Gasteiger partial charge in [0.25, 0.3) is 5.91 Å². The quantitative estimate of drug-likeness (QED) is 0.477. The molecular weight excluding hydrogens is 432 g/mol. The number of carbonyl (C=O) groups is 2. The number of hydrogen-bond donors (Lipinski definition) is 3. The normalized spacial score (nSPS) is 10.9. The molecule has 0 saturated carbocycles. The predicted octanol–water partition coefficient (Wildman–Crippen LogP) is 5.04. The van der Waals surface area contributed by atoms with Crippen molar-refractivity contribution in [2.45, 2.75) is 6.18 Å². The molecule has 1 aromatic heterocycles. The Labute approximate surface area is 179 Å². The number of urea groups is 1. The van der Waals surface area contributed by atoms with Gasteiger partial charge >= 0.3 is 12.2 Å². The summed E-state index contributed by atoms with van der Waals surface area (Å²) < 4.78 is 57.3. The summed E-state index contributed by atoms with van der Waals surface area (Å²) in [6, 6.07) is 10.4. The maximum atomic E-state index is 13.3. The van der Waals surface area contributed by atoms with Crippen molar-refractivity contribution in [1.82, 2.24) is 10.3 Å². The van der Waals surface area contributed by atoms with Crippen molar-refractivity contribution in [3.05, 3.63) is 77.9 Å². The molecule has 0 radical (unpaired) electrons. The number of nitrogens with one attached hydrogen (secondary N) is 3. The topological polar surface area (TPSA) is 92.4 Å². The minimum Gasteiger partial charge on any atom is -0.457 e. The first kappa shape index (κ1) is 22.5. The van der Waals surface area contributed by atoms with Gasteiger partial charge in [-0.1, -0.05) is 0 Å². The van der Waals surface area contributed by atoms with E-state index in [1.165, 1.54) is 43.6 Å². The molecule has 3 N–H and O–H groups in total. The number of amides is 3. The van der Waals surface area contributed by atoms with Gasteiger partial charge in [-0.3, -0.25) is 9.78 Å². The van der Waals surface area contributed by atoms with E-state index in [0.29, 0.717) is 29.3 Å². The van der Waals surface area contributed by atoms with Gasteiger partial charge in [-0.15, -0.1) is 0 Å². The lowest BCUT2D eigenvalue weighted by Crippen LogP contribution is -2.20. The van der Waals surface area contributed by atoms with Crippen molar-refractivity contribution in [2.24, 2.45) is 0 Å². The van der Waals surface area contributed by atoms with Gasteiger partial charge in [0.15, 0.2) is 0 Å². The van der Waals surface area contributed by atoms with Gasteiger partial charge in [-0.25, -0.2) is 9.18 Å². The molecule has 32 heavy (non-hydrogen) atoms. The second-order valence-corrected chi connectivity index (χ2v) is 6.35. The zero-order valence-electron chi connectivity index (χ0n) is 16.5. The molecule has 2 aromatic carbocycles. The Morgan fingerprint density at radius 3 is 2.22 bits per heavy atom. The smallest absolute Gasteiger partial charge is 0.419 e. The van der Waals surface area contributed by atoms with Gasteiger partial charge in [0.2, 0.25) is 0 Å². The third kappa shape index (κ3) is 5.72. The molecule has 0 bridgehead atoms. The maximum absolute atomic E-state index is 13.3. The highest BCUT2D eigenvalue weighted by Gasteiger charge is 2.34. The van der Waals surface area contributed by atoms with Crippen molar-refractivity contribution < 1.29 is 31.9 Å². The van der Waals surface area contributed by atoms with Gasteiger partial charge in [-0.2, -0.15) is 13.2 Å². The minimum atomic E-state index is -4.88. The molecule has 0 aliphatic carbocycles. The Hall–Kier alpha value is -4.15. The summed E-state index contributed by atoms with van der Waals surface area (Å²) in [5.74, 6) is -1.03. The van der Waals surface area contributed by atoms with Crippen molar-refractivity contribution in [3.8, 4) is 11.5 Å². The Kier molecular flexibility index (Phi) is 6.57. The monoisotopic (exact) mass is 448 g/mol. The third-order valence-corrected chi connectivity index (χ3v) is 4.07. The average molecular weight is 448 g/mol. The van der Waals surface area contributed by atoms with Crippen LogP contribution in [0.1, 0.15) is 16.1 Å². The number of rotatable bonds is 5. The molecule has 166 valence electrons. The number of pyridine rings is 1. The molecular formula is C21H16F4N4O3. The van der Waals surface area contributed by atoms with Crippen molar-refractivity contribution in [3.63, 3.8) is 0 Å². The summed E-state index contributed by atoms with van der Waals surface area (Å²) in [6.07, 6.45) is -3.47. The van der Waals surface area contributed by atoms with E-state index in [1.54, 1.807) is 6.07 Å². The lowest BCUT2D eigenvalue weighted by atomic mass is 10.2. The number of alkyl halides is 3. The summed E-state index contributed by atoms with van der Waals surface area (Å²) in [4.78, 5) is 27.6. The molecule has 0 fully saturated rings. The largest absolute Gasteiger partial charge is 0.457 e. The first-order chi connectivity index (χ1) is 15.2. The second-order valence-electron chi connectivity index (χ2n) is 6.35. The number of ether oxygens (including phenoxy) is 1. The molecule has 7 nitrogen and oxygen atoms in total. The lowest BCUT2D eigenvalue weighted by molar-refractivity contribution is -0.139. The number of halogens is 4. The average Bonchev–Trinajstić information content (AvgIpc) is 2.75. The van der Waals surface area contributed by atoms with Crippen LogP contribution in [0.2, 0.25) is 0 Å². The van der Waals surface area contributed by atoms with E-state index in [0.717, 1.165) is 6.07 Å². The minimum absolute atomic E-state index is 0.175. The highest BCUT2D eigenvalue weighted by Crippen LogP contribution is 2.33. The Morgan fingerprint density at radius 1 is 0.906 bits per heavy atom. The van der Waals surface area contributed by atoms with Crippen molar-refractivity contribution in [2.75, 3.05) is 17.7 Å². The molecule has 0 atom stereocenters. The van der Waals surface area contributed by atoms with E-state index < -0.39 is 23.6 Å². The standard InChI is InChI=1S/C21H16F4N4O3/c1-26-19(30)18-11-15(8-9-27-18)32-14-5-2-12(3-6-14)28-20(31)29-13-4-7-17(22)16(10-13)21(23,24)25/h2-11H,1H3,(H,26,30)(H2,28,29,31). The fourth-order valence-electron chi connectivity index (χ4n) is 2.58. The zero-order chi connectivity index (χ0) is 23.3. The van der Waals surface area contributed by atoms with Gasteiger partial charge in [0.1, 0.15) is 23.0 Å². The van der Waals surface area contributed by atoms with E-state index in [-0.39, 0.29) is 17.3 Å². The molecule has 0 aliphatic heterocycles. The maximum Gasteiger partial charge on any atom is 0.419 e. The van der Waals surface area contributed by atoms with Crippen LogP contribution in [-0.2, 0) is 6.18 Å². The van der Waals surface area contributed by atoms with E-state index in [2.05, 4.69) is 20.9 Å². The summed E-state index contributed by atoms with van der Waals surface area (Å²) in [5, 5.41) is 7.11. The first-order valence-corrected chi connectivity index (χ1v) is 9.06. The number of carbonyl (C=O) groups excluding carboxylic acids is 2. The highest BCUT2D eigenvalue weighted by atomic mass is 19.4. The Morgan fingerprint density at radius 2 is 1.56 bits per heavy atom. The number of benzene rings is 2. The summed E-state index contributed by atoms with van der Waals surface area (Å²) >= 11 is 0. The zero-order valence-corrected chi connectivity index (χ0v) is 16.5. The number of nitrogens with zero attached hydrogens (tertiary/aromatic N) is 1. The van der Waals surface area contributed by atoms with Crippen LogP contribution < -0.4 is 20.7 Å². The number of aromatic nitrogens is 1. The fraction of sp³-hybridized carbons (Fsp3) is 0.0952. The number of hydrogen-bond acceptors (Lipinski definition) is 4. The van der Waals surface area contributed by atoms with Crippen LogP contribution in [0, 0.1) is 5.82 Å². The molecule has 3 aromatic rings. The number of anilines is 2. The van der Waals surface area contributed by atoms with Crippen LogP contribution in [0.4, 0.5) is 33.7 Å². The molecule has 0 saturated heterocycles. The van der Waals surface area contributed by atoms with Gasteiger partial charge in [0.05, 0.1) is 5.56 Å².